The van der Waals surface area contributed by atoms with Gasteiger partial charge in [0.05, 0.1) is 31.0 Å². The third-order valence-electron chi connectivity index (χ3n) is 3.92. The number of rotatable bonds is 3. The monoisotopic (exact) mass is 361 g/mol. The lowest BCUT2D eigenvalue weighted by Crippen LogP contribution is -2.04. The molecule has 0 saturated heterocycles. The van der Waals surface area contributed by atoms with Crippen LogP contribution in [0.3, 0.4) is 0 Å². The van der Waals surface area contributed by atoms with Gasteiger partial charge in [-0.25, -0.2) is 9.78 Å². The molecule has 0 unspecified atom stereocenters. The number of aromatic nitrogens is 1. The van der Waals surface area contributed by atoms with Crippen molar-refractivity contribution in [3.05, 3.63) is 59.7 Å². The average Bonchev–Trinajstić information content (AvgIpc) is 2.65. The highest BCUT2D eigenvalue weighted by Crippen LogP contribution is 2.34. The highest BCUT2D eigenvalue weighted by Gasteiger charge is 2.30. The third kappa shape index (κ3) is 3.33. The summed E-state index contributed by atoms with van der Waals surface area (Å²) < 4.78 is 48.2. The standard InChI is InChI=1S/C19H14F3NO3/c1-25-16-10-13-9-12(18(24)26-2)5-8-15(13)17(23-16)11-3-6-14(7-4-11)19(20,21)22/h3-10H,1-2H3. The van der Waals surface area contributed by atoms with Crippen molar-refractivity contribution >= 4 is 16.7 Å². The molecule has 0 spiro atoms. The molecule has 0 aliphatic heterocycles. The van der Waals surface area contributed by atoms with Crippen molar-refractivity contribution < 1.29 is 27.4 Å². The number of hydrogen-bond donors (Lipinski definition) is 0. The Morgan fingerprint density at radius 2 is 1.69 bits per heavy atom. The molecule has 0 atom stereocenters. The molecule has 3 rings (SSSR count). The molecule has 7 heteroatoms. The van der Waals surface area contributed by atoms with E-state index < -0.39 is 17.7 Å². The van der Waals surface area contributed by atoms with Crippen LogP contribution in [0.4, 0.5) is 13.2 Å². The first kappa shape index (κ1) is 17.7. The number of alkyl halides is 3. The second-order valence-electron chi connectivity index (χ2n) is 5.52. The van der Waals surface area contributed by atoms with Gasteiger partial charge in [-0.15, -0.1) is 0 Å². The molecule has 0 N–H and O–H groups in total. The Balaban J connectivity index is 2.17. The Labute approximate surface area is 147 Å². The molecule has 134 valence electrons. The fourth-order valence-corrected chi connectivity index (χ4v) is 2.62. The normalized spacial score (nSPS) is 11.4. The number of benzene rings is 2. The number of esters is 1. The molecule has 4 nitrogen and oxygen atoms in total. The second kappa shape index (κ2) is 6.67. The van der Waals surface area contributed by atoms with E-state index in [0.717, 1.165) is 12.1 Å². The Morgan fingerprint density at radius 1 is 1.00 bits per heavy atom. The number of pyridine rings is 1. The van der Waals surface area contributed by atoms with Crippen LogP contribution in [-0.2, 0) is 10.9 Å². The van der Waals surface area contributed by atoms with Gasteiger partial charge in [-0.3, -0.25) is 0 Å². The lowest BCUT2D eigenvalue weighted by molar-refractivity contribution is -0.137. The van der Waals surface area contributed by atoms with E-state index in [1.54, 1.807) is 24.3 Å². The molecule has 0 radical (unpaired) electrons. The SMILES string of the molecule is COC(=O)c1ccc2c(-c3ccc(C(F)(F)F)cc3)nc(OC)cc2c1. The summed E-state index contributed by atoms with van der Waals surface area (Å²) in [5, 5.41) is 1.34. The maximum atomic E-state index is 12.8. The fraction of sp³-hybridized carbons (Fsp3) is 0.158. The van der Waals surface area contributed by atoms with E-state index in [2.05, 4.69) is 4.98 Å². The Kier molecular flexibility index (Phi) is 4.54. The largest absolute Gasteiger partial charge is 0.481 e. The lowest BCUT2D eigenvalue weighted by atomic mass is 10.0. The number of methoxy groups -OCH3 is 2. The zero-order valence-electron chi connectivity index (χ0n) is 13.9. The molecule has 0 amide bonds. The van der Waals surface area contributed by atoms with E-state index in [1.807, 2.05) is 0 Å². The number of carbonyl (C=O) groups excluding carboxylic acids is 1. The molecule has 0 aliphatic rings. The van der Waals surface area contributed by atoms with E-state index in [1.165, 1.54) is 26.4 Å². The summed E-state index contributed by atoms with van der Waals surface area (Å²) in [7, 11) is 2.72. The van der Waals surface area contributed by atoms with Crippen molar-refractivity contribution in [1.82, 2.24) is 4.98 Å². The maximum absolute atomic E-state index is 12.8. The number of fused-ring (bicyclic) bond motifs is 1. The summed E-state index contributed by atoms with van der Waals surface area (Å²) in [6.45, 7) is 0. The van der Waals surface area contributed by atoms with Crippen LogP contribution in [-0.4, -0.2) is 25.2 Å². The summed E-state index contributed by atoms with van der Waals surface area (Å²) in [5.41, 5.74) is 0.588. The van der Waals surface area contributed by atoms with Crippen molar-refractivity contribution in [1.29, 1.82) is 0 Å². The number of halogens is 3. The van der Waals surface area contributed by atoms with Crippen molar-refractivity contribution in [2.75, 3.05) is 14.2 Å². The number of ether oxygens (including phenoxy) is 2. The van der Waals surface area contributed by atoms with Crippen molar-refractivity contribution in [3.8, 4) is 17.1 Å². The van der Waals surface area contributed by atoms with Crippen LogP contribution in [0.1, 0.15) is 15.9 Å². The van der Waals surface area contributed by atoms with Gasteiger partial charge in [0.15, 0.2) is 0 Å². The third-order valence-corrected chi connectivity index (χ3v) is 3.92. The molecule has 0 fully saturated rings. The zero-order valence-corrected chi connectivity index (χ0v) is 13.9. The molecule has 26 heavy (non-hydrogen) atoms. The van der Waals surface area contributed by atoms with Gasteiger partial charge in [0.1, 0.15) is 0 Å². The fourth-order valence-electron chi connectivity index (χ4n) is 2.62. The van der Waals surface area contributed by atoms with Crippen molar-refractivity contribution in [2.24, 2.45) is 0 Å². The minimum Gasteiger partial charge on any atom is -0.481 e. The van der Waals surface area contributed by atoms with Gasteiger partial charge >= 0.3 is 12.1 Å². The van der Waals surface area contributed by atoms with Crippen molar-refractivity contribution in [3.63, 3.8) is 0 Å². The first-order valence-corrected chi connectivity index (χ1v) is 7.58. The summed E-state index contributed by atoms with van der Waals surface area (Å²) in [6.07, 6.45) is -4.40. The van der Waals surface area contributed by atoms with E-state index in [4.69, 9.17) is 9.47 Å². The molecule has 1 aromatic heterocycles. The summed E-state index contributed by atoms with van der Waals surface area (Å²) in [4.78, 5) is 16.1. The molecule has 0 aliphatic carbocycles. The van der Waals surface area contributed by atoms with Crippen LogP contribution in [0.2, 0.25) is 0 Å². The number of nitrogens with zero attached hydrogens (tertiary/aromatic N) is 1. The second-order valence-corrected chi connectivity index (χ2v) is 5.52. The highest BCUT2D eigenvalue weighted by atomic mass is 19.4. The molecular weight excluding hydrogens is 347 g/mol. The van der Waals surface area contributed by atoms with E-state index in [9.17, 15) is 18.0 Å². The summed E-state index contributed by atoms with van der Waals surface area (Å²) >= 11 is 0. The van der Waals surface area contributed by atoms with Gasteiger partial charge < -0.3 is 9.47 Å². The number of carbonyl (C=O) groups is 1. The lowest BCUT2D eigenvalue weighted by Gasteiger charge is -2.11. The van der Waals surface area contributed by atoms with Gasteiger partial charge in [0, 0.05) is 17.0 Å². The Hall–Kier alpha value is -3.09. The molecule has 0 saturated carbocycles. The predicted molar refractivity (Wildman–Crippen MR) is 90.1 cm³/mol. The van der Waals surface area contributed by atoms with E-state index in [-0.39, 0.29) is 5.88 Å². The van der Waals surface area contributed by atoms with Gasteiger partial charge in [-0.05, 0) is 29.7 Å². The molecule has 0 bridgehead atoms. The molecule has 3 aromatic rings. The van der Waals surface area contributed by atoms with Crippen LogP contribution in [0.5, 0.6) is 5.88 Å². The van der Waals surface area contributed by atoms with Crippen LogP contribution in [0, 0.1) is 0 Å². The minimum atomic E-state index is -4.40. The van der Waals surface area contributed by atoms with E-state index in [0.29, 0.717) is 27.6 Å². The van der Waals surface area contributed by atoms with Gasteiger partial charge in [-0.2, -0.15) is 13.2 Å². The Bertz CT molecular complexity index is 966. The summed E-state index contributed by atoms with van der Waals surface area (Å²) in [5.74, 6) is -0.201. The first-order valence-electron chi connectivity index (χ1n) is 7.58. The van der Waals surface area contributed by atoms with Gasteiger partial charge in [-0.1, -0.05) is 18.2 Å². The summed E-state index contributed by atoms with van der Waals surface area (Å²) in [6, 6.07) is 11.3. The van der Waals surface area contributed by atoms with Crippen molar-refractivity contribution in [2.45, 2.75) is 6.18 Å². The van der Waals surface area contributed by atoms with Crippen LogP contribution in [0.25, 0.3) is 22.0 Å². The van der Waals surface area contributed by atoms with E-state index >= 15 is 0 Å². The minimum absolute atomic E-state index is 0.286. The average molecular weight is 361 g/mol. The molecule has 1 heterocycles. The topological polar surface area (TPSA) is 48.4 Å². The van der Waals surface area contributed by atoms with Crippen LogP contribution in [0.15, 0.2) is 48.5 Å². The van der Waals surface area contributed by atoms with Crippen LogP contribution >= 0.6 is 0 Å². The zero-order chi connectivity index (χ0) is 18.9. The van der Waals surface area contributed by atoms with Gasteiger partial charge in [0.2, 0.25) is 5.88 Å². The number of hydrogen-bond acceptors (Lipinski definition) is 4. The molecular formula is C19H14F3NO3. The Morgan fingerprint density at radius 3 is 2.27 bits per heavy atom. The maximum Gasteiger partial charge on any atom is 0.416 e. The van der Waals surface area contributed by atoms with Gasteiger partial charge in [0.25, 0.3) is 0 Å². The molecule has 2 aromatic carbocycles. The van der Waals surface area contributed by atoms with Crippen LogP contribution < -0.4 is 4.74 Å². The quantitative estimate of drug-likeness (QED) is 0.634. The predicted octanol–water partition coefficient (Wildman–Crippen LogP) is 4.72. The highest BCUT2D eigenvalue weighted by molar-refractivity contribution is 6.00. The first-order chi connectivity index (χ1) is 12.3. The smallest absolute Gasteiger partial charge is 0.416 e.